The van der Waals surface area contributed by atoms with Gasteiger partial charge in [-0.3, -0.25) is 4.79 Å². The van der Waals surface area contributed by atoms with Crippen LogP contribution in [0.1, 0.15) is 22.5 Å². The lowest BCUT2D eigenvalue weighted by molar-refractivity contribution is -0.113. The number of carbonyl (C=O) groups excluding carboxylic acids is 1. The molecule has 0 bridgehead atoms. The van der Waals surface area contributed by atoms with Gasteiger partial charge in [-0.25, -0.2) is 8.42 Å². The molecule has 1 aromatic heterocycles. The van der Waals surface area contributed by atoms with Gasteiger partial charge in [-0.2, -0.15) is 0 Å². The molecule has 1 heterocycles. The van der Waals surface area contributed by atoms with Crippen molar-refractivity contribution in [3.8, 4) is 0 Å². The van der Waals surface area contributed by atoms with Crippen molar-refractivity contribution in [3.63, 3.8) is 0 Å². The van der Waals surface area contributed by atoms with Crippen molar-refractivity contribution in [1.29, 1.82) is 0 Å². The third kappa shape index (κ3) is 4.42. The first kappa shape index (κ1) is 16.2. The van der Waals surface area contributed by atoms with Crippen LogP contribution in [0.15, 0.2) is 28.8 Å². The number of rotatable bonds is 5. The van der Waals surface area contributed by atoms with Crippen molar-refractivity contribution >= 4 is 21.6 Å². The van der Waals surface area contributed by atoms with Gasteiger partial charge in [0.2, 0.25) is 5.91 Å². The number of carbonyl (C=O) groups is 1. The first-order valence-electron chi connectivity index (χ1n) is 6.75. The van der Waals surface area contributed by atoms with Crippen molar-refractivity contribution in [2.24, 2.45) is 0 Å². The molecule has 7 heteroatoms. The zero-order valence-electron chi connectivity index (χ0n) is 12.7. The number of hydrogen-bond acceptors (Lipinski definition) is 5. The Hall–Kier alpha value is -2.15. The Balaban J connectivity index is 2.04. The molecule has 0 aliphatic heterocycles. The van der Waals surface area contributed by atoms with E-state index in [-0.39, 0.29) is 11.6 Å². The third-order valence-electron chi connectivity index (χ3n) is 3.13. The number of hydrogen-bond donors (Lipinski definition) is 1. The molecule has 6 nitrogen and oxygen atoms in total. The summed E-state index contributed by atoms with van der Waals surface area (Å²) in [5.41, 5.74) is 2.59. The normalized spacial score (nSPS) is 11.4. The van der Waals surface area contributed by atoms with E-state index < -0.39 is 21.5 Å². The number of anilines is 1. The molecular weight excluding hydrogens is 304 g/mol. The SMILES string of the molecule is Cc1ccc(C)c(CS(=O)(=O)CC(=O)Nc2cc(C)on2)c1. The van der Waals surface area contributed by atoms with Gasteiger partial charge in [-0.1, -0.05) is 28.9 Å². The minimum Gasteiger partial charge on any atom is -0.360 e. The quantitative estimate of drug-likeness (QED) is 0.911. The van der Waals surface area contributed by atoms with Crippen LogP contribution in [-0.2, 0) is 20.4 Å². The largest absolute Gasteiger partial charge is 0.360 e. The van der Waals surface area contributed by atoms with Gasteiger partial charge in [0.15, 0.2) is 15.7 Å². The molecular formula is C15H18N2O4S. The highest BCUT2D eigenvalue weighted by Gasteiger charge is 2.19. The van der Waals surface area contributed by atoms with Crippen molar-refractivity contribution in [1.82, 2.24) is 5.16 Å². The zero-order valence-corrected chi connectivity index (χ0v) is 13.5. The Morgan fingerprint density at radius 2 is 1.95 bits per heavy atom. The summed E-state index contributed by atoms with van der Waals surface area (Å²) in [4.78, 5) is 11.8. The minimum absolute atomic E-state index is 0.161. The smallest absolute Gasteiger partial charge is 0.240 e. The lowest BCUT2D eigenvalue weighted by Gasteiger charge is -2.08. The Labute approximate surface area is 129 Å². The second-order valence-corrected chi connectivity index (χ2v) is 7.40. The van der Waals surface area contributed by atoms with E-state index >= 15 is 0 Å². The van der Waals surface area contributed by atoms with E-state index in [1.165, 1.54) is 6.07 Å². The fourth-order valence-corrected chi connectivity index (χ4v) is 3.41. The Bertz CT molecular complexity index is 794. The molecule has 2 aromatic rings. The van der Waals surface area contributed by atoms with E-state index in [1.807, 2.05) is 32.0 Å². The molecule has 0 fully saturated rings. The first-order chi connectivity index (χ1) is 10.2. The molecule has 0 saturated carbocycles. The van der Waals surface area contributed by atoms with Crippen LogP contribution in [0.5, 0.6) is 0 Å². The molecule has 1 N–H and O–H groups in total. The predicted molar refractivity (Wildman–Crippen MR) is 83.3 cm³/mol. The topological polar surface area (TPSA) is 89.3 Å². The summed E-state index contributed by atoms with van der Waals surface area (Å²) in [6, 6.07) is 7.14. The number of amides is 1. The van der Waals surface area contributed by atoms with Crippen LogP contribution in [-0.4, -0.2) is 25.2 Å². The first-order valence-corrected chi connectivity index (χ1v) is 8.57. The van der Waals surface area contributed by atoms with Crippen LogP contribution in [0.25, 0.3) is 0 Å². The molecule has 22 heavy (non-hydrogen) atoms. The average molecular weight is 322 g/mol. The van der Waals surface area contributed by atoms with Crippen molar-refractivity contribution in [2.45, 2.75) is 26.5 Å². The summed E-state index contributed by atoms with van der Waals surface area (Å²) < 4.78 is 29.1. The van der Waals surface area contributed by atoms with Crippen LogP contribution in [0.3, 0.4) is 0 Å². The molecule has 1 amide bonds. The van der Waals surface area contributed by atoms with Gasteiger partial charge < -0.3 is 9.84 Å². The third-order valence-corrected chi connectivity index (χ3v) is 4.58. The number of benzene rings is 1. The van der Waals surface area contributed by atoms with E-state index in [2.05, 4.69) is 10.5 Å². The number of nitrogens with zero attached hydrogens (tertiary/aromatic N) is 1. The Morgan fingerprint density at radius 1 is 1.23 bits per heavy atom. The van der Waals surface area contributed by atoms with Gasteiger partial charge >= 0.3 is 0 Å². The lowest BCUT2D eigenvalue weighted by Crippen LogP contribution is -2.24. The second-order valence-electron chi connectivity index (χ2n) is 5.33. The fraction of sp³-hybridized carbons (Fsp3) is 0.333. The summed E-state index contributed by atoms with van der Waals surface area (Å²) in [7, 11) is -3.56. The predicted octanol–water partition coefficient (Wildman–Crippen LogP) is 2.15. The van der Waals surface area contributed by atoms with Crippen molar-refractivity contribution in [3.05, 3.63) is 46.7 Å². The van der Waals surface area contributed by atoms with Crippen LogP contribution in [0, 0.1) is 20.8 Å². The molecule has 0 unspecified atom stereocenters. The summed E-state index contributed by atoms with van der Waals surface area (Å²) in [5, 5.41) is 6.00. The van der Waals surface area contributed by atoms with Crippen LogP contribution < -0.4 is 5.32 Å². The Kier molecular flexibility index (Phi) is 4.65. The number of aromatic nitrogens is 1. The molecule has 0 radical (unpaired) electrons. The van der Waals surface area contributed by atoms with Gasteiger partial charge in [-0.05, 0) is 31.9 Å². The van der Waals surface area contributed by atoms with Crippen LogP contribution in [0.2, 0.25) is 0 Å². The molecule has 2 rings (SSSR count). The maximum Gasteiger partial charge on any atom is 0.240 e. The summed E-state index contributed by atoms with van der Waals surface area (Å²) in [6.07, 6.45) is 0. The van der Waals surface area contributed by atoms with Gasteiger partial charge in [0.1, 0.15) is 11.5 Å². The highest BCUT2D eigenvalue weighted by molar-refractivity contribution is 7.91. The average Bonchev–Trinajstić information content (AvgIpc) is 2.78. The number of sulfone groups is 1. The van der Waals surface area contributed by atoms with Crippen LogP contribution >= 0.6 is 0 Å². The van der Waals surface area contributed by atoms with E-state index in [4.69, 9.17) is 4.52 Å². The molecule has 0 atom stereocenters. The molecule has 0 aliphatic carbocycles. The second kappa shape index (κ2) is 6.31. The molecule has 118 valence electrons. The molecule has 0 saturated heterocycles. The van der Waals surface area contributed by atoms with E-state index in [9.17, 15) is 13.2 Å². The maximum absolute atomic E-state index is 12.2. The van der Waals surface area contributed by atoms with Gasteiger partial charge in [0.05, 0.1) is 5.75 Å². The maximum atomic E-state index is 12.2. The van der Waals surface area contributed by atoms with Gasteiger partial charge in [-0.15, -0.1) is 0 Å². The van der Waals surface area contributed by atoms with Crippen molar-refractivity contribution in [2.75, 3.05) is 11.1 Å². The van der Waals surface area contributed by atoms with Gasteiger partial charge in [0, 0.05) is 6.07 Å². The van der Waals surface area contributed by atoms with E-state index in [1.54, 1.807) is 6.92 Å². The summed E-state index contributed by atoms with van der Waals surface area (Å²) in [5.74, 6) is -0.630. The van der Waals surface area contributed by atoms with E-state index in [0.29, 0.717) is 11.3 Å². The van der Waals surface area contributed by atoms with Crippen molar-refractivity contribution < 1.29 is 17.7 Å². The Morgan fingerprint density at radius 3 is 2.59 bits per heavy atom. The number of nitrogens with one attached hydrogen (secondary N) is 1. The molecule has 0 spiro atoms. The molecule has 1 aromatic carbocycles. The summed E-state index contributed by atoms with van der Waals surface area (Å²) in [6.45, 7) is 5.43. The molecule has 0 aliphatic rings. The lowest BCUT2D eigenvalue weighted by atomic mass is 10.1. The fourth-order valence-electron chi connectivity index (χ4n) is 2.05. The highest BCUT2D eigenvalue weighted by atomic mass is 32.2. The van der Waals surface area contributed by atoms with Gasteiger partial charge in [0.25, 0.3) is 0 Å². The highest BCUT2D eigenvalue weighted by Crippen LogP contribution is 2.15. The zero-order chi connectivity index (χ0) is 16.3. The minimum atomic E-state index is -3.56. The number of aryl methyl sites for hydroxylation is 3. The summed E-state index contributed by atoms with van der Waals surface area (Å²) >= 11 is 0. The standard InChI is InChI=1S/C15H18N2O4S/c1-10-4-5-11(2)13(6-10)8-22(19,20)9-15(18)16-14-7-12(3)21-17-14/h4-7H,8-9H2,1-3H3,(H,16,17,18). The van der Waals surface area contributed by atoms with Crippen LogP contribution in [0.4, 0.5) is 5.82 Å². The van der Waals surface area contributed by atoms with E-state index in [0.717, 1.165) is 11.1 Å². The monoisotopic (exact) mass is 322 g/mol.